The van der Waals surface area contributed by atoms with Gasteiger partial charge in [0.2, 0.25) is 0 Å². The van der Waals surface area contributed by atoms with E-state index in [1.54, 1.807) is 12.1 Å². The number of nitro benzene ring substituents is 1. The van der Waals surface area contributed by atoms with E-state index >= 15 is 0 Å². The van der Waals surface area contributed by atoms with Crippen LogP contribution in [0.2, 0.25) is 0 Å². The van der Waals surface area contributed by atoms with Crippen LogP contribution in [-0.2, 0) is 0 Å². The van der Waals surface area contributed by atoms with E-state index in [1.165, 1.54) is 19.3 Å². The fraction of sp³-hybridized carbons (Fsp3) is 0.500. The zero-order valence-electron chi connectivity index (χ0n) is 10.1. The van der Waals surface area contributed by atoms with Crippen LogP contribution in [0.5, 0.6) is 0 Å². The third-order valence-electron chi connectivity index (χ3n) is 3.46. The average molecular weight is 378 g/mol. The molecule has 0 heterocycles. The molecular formula is C12H15IN2O2S. The molecule has 4 nitrogen and oxygen atoms in total. The molecule has 1 N–H and O–H groups in total. The second-order valence-corrected chi connectivity index (χ2v) is 7.03. The summed E-state index contributed by atoms with van der Waals surface area (Å²) in [6.07, 6.45) is 5.76. The first-order valence-electron chi connectivity index (χ1n) is 5.79. The van der Waals surface area contributed by atoms with Crippen molar-refractivity contribution in [3.8, 4) is 0 Å². The van der Waals surface area contributed by atoms with Crippen molar-refractivity contribution < 1.29 is 4.92 Å². The van der Waals surface area contributed by atoms with Crippen LogP contribution in [0.15, 0.2) is 18.2 Å². The van der Waals surface area contributed by atoms with Crippen molar-refractivity contribution in [3.05, 3.63) is 31.9 Å². The summed E-state index contributed by atoms with van der Waals surface area (Å²) < 4.78 is 1.16. The fourth-order valence-corrected chi connectivity index (χ4v) is 3.47. The Morgan fingerprint density at radius 1 is 1.56 bits per heavy atom. The van der Waals surface area contributed by atoms with E-state index in [9.17, 15) is 10.1 Å². The molecule has 0 unspecified atom stereocenters. The zero-order chi connectivity index (χ0) is 13.2. The topological polar surface area (TPSA) is 55.2 Å². The van der Waals surface area contributed by atoms with Crippen molar-refractivity contribution in [1.29, 1.82) is 0 Å². The Bertz CT molecular complexity index is 458. The highest BCUT2D eigenvalue weighted by atomic mass is 127. The molecule has 0 radical (unpaired) electrons. The summed E-state index contributed by atoms with van der Waals surface area (Å²) in [4.78, 5) is 10.7. The summed E-state index contributed by atoms with van der Waals surface area (Å²) in [7, 11) is 0. The Hall–Kier alpha value is -0.500. The van der Waals surface area contributed by atoms with E-state index in [-0.39, 0.29) is 15.4 Å². The van der Waals surface area contributed by atoms with E-state index in [1.807, 2.05) is 17.8 Å². The van der Waals surface area contributed by atoms with Gasteiger partial charge in [-0.3, -0.25) is 10.1 Å². The van der Waals surface area contributed by atoms with Crippen LogP contribution < -0.4 is 5.32 Å². The third-order valence-corrected chi connectivity index (χ3v) is 5.54. The lowest BCUT2D eigenvalue weighted by atomic mass is 9.84. The highest BCUT2D eigenvalue weighted by Crippen LogP contribution is 2.43. The van der Waals surface area contributed by atoms with Crippen LogP contribution in [0, 0.1) is 13.7 Å². The van der Waals surface area contributed by atoms with E-state index in [0.717, 1.165) is 10.1 Å². The number of halogens is 1. The fourth-order valence-electron chi connectivity index (χ4n) is 2.09. The quantitative estimate of drug-likeness (QED) is 0.480. The second-order valence-electron chi connectivity index (χ2n) is 4.51. The Balaban J connectivity index is 2.11. The van der Waals surface area contributed by atoms with E-state index in [0.29, 0.717) is 5.69 Å². The highest BCUT2D eigenvalue weighted by Gasteiger charge is 2.36. The molecule has 0 aromatic heterocycles. The number of nitro groups is 1. The standard InChI is InChI=1S/C12H15IN2O2S/c1-18-12(5-2-6-12)8-14-10-4-3-9(13)7-11(10)15(16)17/h3-4,7,14H,2,5-6,8H2,1H3. The SMILES string of the molecule is CSC1(CNc2ccc(I)cc2[N+](=O)[O-])CCC1. The van der Waals surface area contributed by atoms with Crippen molar-refractivity contribution in [2.24, 2.45) is 0 Å². The summed E-state index contributed by atoms with van der Waals surface area (Å²) in [6, 6.07) is 5.30. The third kappa shape index (κ3) is 2.90. The van der Waals surface area contributed by atoms with Crippen LogP contribution in [0.4, 0.5) is 11.4 Å². The number of nitrogens with one attached hydrogen (secondary N) is 1. The van der Waals surface area contributed by atoms with Crippen LogP contribution in [0.1, 0.15) is 19.3 Å². The smallest absolute Gasteiger partial charge is 0.293 e. The highest BCUT2D eigenvalue weighted by molar-refractivity contribution is 14.1. The minimum absolute atomic E-state index is 0.164. The molecule has 98 valence electrons. The van der Waals surface area contributed by atoms with Crippen molar-refractivity contribution in [2.75, 3.05) is 18.1 Å². The first kappa shape index (κ1) is 13.9. The van der Waals surface area contributed by atoms with E-state index in [4.69, 9.17) is 0 Å². The molecular weight excluding hydrogens is 363 g/mol. The zero-order valence-corrected chi connectivity index (χ0v) is 13.1. The number of nitrogens with zero attached hydrogens (tertiary/aromatic N) is 1. The molecule has 0 aliphatic heterocycles. The summed E-state index contributed by atoms with van der Waals surface area (Å²) >= 11 is 3.95. The molecule has 1 fully saturated rings. The average Bonchev–Trinajstić information content (AvgIpc) is 2.29. The molecule has 1 aliphatic carbocycles. The molecule has 0 bridgehead atoms. The van der Waals surface area contributed by atoms with Crippen molar-refractivity contribution >= 4 is 45.7 Å². The molecule has 0 spiro atoms. The lowest BCUT2D eigenvalue weighted by molar-refractivity contribution is -0.384. The number of rotatable bonds is 5. The predicted octanol–water partition coefficient (Wildman–Crippen LogP) is 3.90. The molecule has 1 aromatic rings. The monoisotopic (exact) mass is 378 g/mol. The second kappa shape index (κ2) is 5.64. The predicted molar refractivity (Wildman–Crippen MR) is 84.4 cm³/mol. The molecule has 1 aromatic carbocycles. The lowest BCUT2D eigenvalue weighted by Gasteiger charge is -2.40. The molecule has 0 amide bonds. The van der Waals surface area contributed by atoms with Gasteiger partial charge >= 0.3 is 0 Å². The molecule has 0 atom stereocenters. The van der Waals surface area contributed by atoms with Gasteiger partial charge in [0.1, 0.15) is 5.69 Å². The molecule has 6 heteroatoms. The molecule has 1 saturated carbocycles. The maximum atomic E-state index is 11.0. The molecule has 1 aliphatic rings. The lowest BCUT2D eigenvalue weighted by Crippen LogP contribution is -2.40. The summed E-state index contributed by atoms with van der Waals surface area (Å²) in [5, 5.41) is 14.3. The molecule has 0 saturated heterocycles. The van der Waals surface area contributed by atoms with Crippen molar-refractivity contribution in [3.63, 3.8) is 0 Å². The molecule has 18 heavy (non-hydrogen) atoms. The van der Waals surface area contributed by atoms with Gasteiger partial charge in [-0.05, 0) is 53.8 Å². The molecule has 2 rings (SSSR count). The van der Waals surface area contributed by atoms with E-state index < -0.39 is 0 Å². The minimum atomic E-state index is -0.322. The van der Waals surface area contributed by atoms with Gasteiger partial charge in [0.25, 0.3) is 5.69 Å². The van der Waals surface area contributed by atoms with Crippen LogP contribution in [0.25, 0.3) is 0 Å². The van der Waals surface area contributed by atoms with Crippen LogP contribution in [0.3, 0.4) is 0 Å². The van der Waals surface area contributed by atoms with Gasteiger partial charge in [-0.1, -0.05) is 6.42 Å². The first-order valence-corrected chi connectivity index (χ1v) is 8.10. The van der Waals surface area contributed by atoms with Crippen LogP contribution >= 0.6 is 34.4 Å². The maximum Gasteiger partial charge on any atom is 0.293 e. The van der Waals surface area contributed by atoms with Gasteiger partial charge in [-0.15, -0.1) is 0 Å². The largest absolute Gasteiger partial charge is 0.378 e. The van der Waals surface area contributed by atoms with Crippen LogP contribution in [-0.4, -0.2) is 22.5 Å². The Morgan fingerprint density at radius 3 is 2.78 bits per heavy atom. The van der Waals surface area contributed by atoms with E-state index in [2.05, 4.69) is 34.2 Å². The first-order chi connectivity index (χ1) is 8.56. The van der Waals surface area contributed by atoms with Gasteiger partial charge in [0.05, 0.1) is 4.92 Å². The van der Waals surface area contributed by atoms with Crippen molar-refractivity contribution in [2.45, 2.75) is 24.0 Å². The normalized spacial score (nSPS) is 17.0. The minimum Gasteiger partial charge on any atom is -0.378 e. The van der Waals surface area contributed by atoms with Gasteiger partial charge < -0.3 is 5.32 Å². The Kier molecular flexibility index (Phi) is 4.37. The van der Waals surface area contributed by atoms with Gasteiger partial charge in [-0.2, -0.15) is 11.8 Å². The number of thioether (sulfide) groups is 1. The van der Waals surface area contributed by atoms with Gasteiger partial charge in [-0.25, -0.2) is 0 Å². The number of hydrogen-bond donors (Lipinski definition) is 1. The van der Waals surface area contributed by atoms with Gasteiger partial charge in [0.15, 0.2) is 0 Å². The Morgan fingerprint density at radius 2 is 2.28 bits per heavy atom. The Labute approximate surface area is 124 Å². The van der Waals surface area contributed by atoms with Crippen molar-refractivity contribution in [1.82, 2.24) is 0 Å². The maximum absolute atomic E-state index is 11.0. The summed E-state index contributed by atoms with van der Waals surface area (Å²) in [5.74, 6) is 0. The summed E-state index contributed by atoms with van der Waals surface area (Å²) in [5.41, 5.74) is 0.790. The van der Waals surface area contributed by atoms with Gasteiger partial charge in [0, 0.05) is 20.9 Å². The number of hydrogen-bond acceptors (Lipinski definition) is 4. The number of anilines is 1. The number of benzene rings is 1. The summed E-state index contributed by atoms with van der Waals surface area (Å²) in [6.45, 7) is 0.801.